The van der Waals surface area contributed by atoms with Crippen LogP contribution in [0.1, 0.15) is 43.7 Å². The lowest BCUT2D eigenvalue weighted by Crippen LogP contribution is -2.67. The summed E-state index contributed by atoms with van der Waals surface area (Å²) >= 11 is 0. The zero-order valence-electron chi connectivity index (χ0n) is 24.1. The molecule has 10 N–H and O–H groups in total. The summed E-state index contributed by atoms with van der Waals surface area (Å²) in [7, 11) is 3.02. The number of hydrogen-bond acceptors (Lipinski definition) is 12. The molecule has 0 aromatic heterocycles. The van der Waals surface area contributed by atoms with E-state index in [1.165, 1.54) is 44.1 Å². The van der Waals surface area contributed by atoms with E-state index in [9.17, 15) is 44.7 Å². The molecule has 0 radical (unpaired) electrons. The van der Waals surface area contributed by atoms with E-state index in [2.05, 4.69) is 10.6 Å². The Morgan fingerprint density at radius 1 is 1.14 bits per heavy atom. The number of carboxylic acids is 1. The fraction of sp³-hybridized carbons (Fsp3) is 0.517. The molecular weight excluding hydrogens is 564 g/mol. The van der Waals surface area contributed by atoms with Gasteiger partial charge in [0.15, 0.2) is 11.4 Å². The summed E-state index contributed by atoms with van der Waals surface area (Å²) in [6, 6.07) is 1.99. The molecule has 14 heteroatoms. The number of aliphatic hydroxyl groups excluding tert-OH is 2. The molecule has 1 aromatic rings. The number of nitrogens with zero attached hydrogens (tertiary/aromatic N) is 1. The van der Waals surface area contributed by atoms with Gasteiger partial charge in [-0.1, -0.05) is 18.6 Å². The maximum Gasteiger partial charge on any atom is 0.320 e. The SMILES string of the molecule is CN(C)[C@@H]1C(=O)C(C(=O)NCNCCCC[C@@H](N)C(=O)O)=C(O)[C@@]2(O)C(=O)C3=C(O)c4c(O)cccc4[C@@](C)(O)[C@H]3C[C@@H]12. The van der Waals surface area contributed by atoms with Crippen molar-refractivity contribution in [3.8, 4) is 5.75 Å². The Balaban J connectivity index is 1.64. The molecule has 0 aliphatic heterocycles. The predicted octanol–water partition coefficient (Wildman–Crippen LogP) is -0.611. The van der Waals surface area contributed by atoms with E-state index in [1.54, 1.807) is 0 Å². The predicted molar refractivity (Wildman–Crippen MR) is 151 cm³/mol. The molecule has 1 fully saturated rings. The molecule has 0 saturated heterocycles. The number of aromatic hydroxyl groups is 1. The number of phenols is 1. The average Bonchev–Trinajstić information content (AvgIpc) is 2.92. The number of nitrogens with one attached hydrogen (secondary N) is 2. The van der Waals surface area contributed by atoms with Crippen molar-refractivity contribution in [2.75, 3.05) is 27.3 Å². The lowest BCUT2D eigenvalue weighted by molar-refractivity contribution is -0.159. The van der Waals surface area contributed by atoms with Crippen LogP contribution in [0.2, 0.25) is 0 Å². The molecule has 1 aromatic carbocycles. The molecule has 43 heavy (non-hydrogen) atoms. The largest absolute Gasteiger partial charge is 0.508 e. The smallest absolute Gasteiger partial charge is 0.320 e. The monoisotopic (exact) mass is 602 g/mol. The van der Waals surface area contributed by atoms with Gasteiger partial charge in [0.2, 0.25) is 5.78 Å². The van der Waals surface area contributed by atoms with E-state index in [0.29, 0.717) is 19.4 Å². The molecule has 4 rings (SSSR count). The van der Waals surface area contributed by atoms with Gasteiger partial charge in [-0.25, -0.2) is 0 Å². The number of aliphatic carboxylic acids is 1. The van der Waals surface area contributed by atoms with Crippen molar-refractivity contribution < 1.29 is 49.8 Å². The Morgan fingerprint density at radius 3 is 2.44 bits per heavy atom. The van der Waals surface area contributed by atoms with Crippen LogP contribution in [0.4, 0.5) is 0 Å². The third-order valence-corrected chi connectivity index (χ3v) is 8.81. The molecule has 1 saturated carbocycles. The number of phenolic OH excluding ortho intramolecular Hbond substituents is 1. The number of carbonyl (C=O) groups excluding carboxylic acids is 3. The third kappa shape index (κ3) is 5.18. The first-order chi connectivity index (χ1) is 20.1. The summed E-state index contributed by atoms with van der Waals surface area (Å²) in [5.74, 6) is -8.84. The van der Waals surface area contributed by atoms with Crippen LogP contribution in [0.15, 0.2) is 35.1 Å². The second kappa shape index (κ2) is 11.7. The van der Waals surface area contributed by atoms with Crippen molar-refractivity contribution in [3.63, 3.8) is 0 Å². The Kier molecular flexibility index (Phi) is 8.73. The summed E-state index contributed by atoms with van der Waals surface area (Å²) in [5, 5.41) is 70.6. The molecule has 14 nitrogen and oxygen atoms in total. The van der Waals surface area contributed by atoms with E-state index in [-0.39, 0.29) is 30.6 Å². The fourth-order valence-corrected chi connectivity index (χ4v) is 6.54. The number of Topliss-reactive ketones (excluding diaryl/α,β-unsaturated/α-hetero) is 2. The molecule has 0 bridgehead atoms. The Morgan fingerprint density at radius 2 is 1.81 bits per heavy atom. The van der Waals surface area contributed by atoms with Crippen LogP contribution >= 0.6 is 0 Å². The standard InChI is InChI=1S/C29H38N4O10/c1-28(42)13-7-6-9-17(34)18(13)22(35)19-14(28)11-15-21(33(2)3)23(36)20(25(38)29(15,43)24(19)37)26(39)32-12-31-10-5-4-8-16(30)27(40)41/h6-7,9,14-16,21,31,34-35,38,42-43H,4-5,8,10-12,30H2,1-3H3,(H,32,39)(H,40,41)/t14-,15-,16+,21-,28+,29-/m0/s1. The lowest BCUT2D eigenvalue weighted by Gasteiger charge is -2.53. The number of amides is 1. The zero-order valence-corrected chi connectivity index (χ0v) is 24.1. The molecule has 0 heterocycles. The topological polar surface area (TPSA) is 243 Å². The Labute approximate surface area is 247 Å². The highest BCUT2D eigenvalue weighted by Gasteiger charge is 2.66. The average molecular weight is 603 g/mol. The molecule has 0 spiro atoms. The second-order valence-electron chi connectivity index (χ2n) is 11.7. The number of fused-ring (bicyclic) bond motifs is 3. The molecule has 6 atom stereocenters. The van der Waals surface area contributed by atoms with E-state index < -0.39 is 87.0 Å². The molecule has 0 unspecified atom stereocenters. The van der Waals surface area contributed by atoms with Gasteiger partial charge in [-0.05, 0) is 58.5 Å². The maximum absolute atomic E-state index is 14.1. The first kappa shape index (κ1) is 32.1. The molecule has 234 valence electrons. The minimum atomic E-state index is -2.80. The molecular formula is C29H38N4O10. The zero-order chi connectivity index (χ0) is 32.0. The van der Waals surface area contributed by atoms with E-state index >= 15 is 0 Å². The van der Waals surface area contributed by atoms with Crippen LogP contribution in [-0.2, 0) is 24.8 Å². The summed E-state index contributed by atoms with van der Waals surface area (Å²) in [5.41, 5.74) is -0.436. The normalized spacial score (nSPS) is 29.2. The van der Waals surface area contributed by atoms with Gasteiger partial charge in [0.05, 0.1) is 23.9 Å². The number of benzene rings is 1. The van der Waals surface area contributed by atoms with Crippen molar-refractivity contribution in [1.82, 2.24) is 15.5 Å². The second-order valence-corrected chi connectivity index (χ2v) is 11.7. The van der Waals surface area contributed by atoms with Crippen molar-refractivity contribution >= 4 is 29.2 Å². The van der Waals surface area contributed by atoms with E-state index in [1.807, 2.05) is 0 Å². The summed E-state index contributed by atoms with van der Waals surface area (Å²) in [6.45, 7) is 1.63. The van der Waals surface area contributed by atoms with Gasteiger partial charge >= 0.3 is 5.97 Å². The van der Waals surface area contributed by atoms with E-state index in [0.717, 1.165) is 0 Å². The Bertz CT molecular complexity index is 1420. The van der Waals surface area contributed by atoms with Gasteiger partial charge in [-0.15, -0.1) is 0 Å². The summed E-state index contributed by atoms with van der Waals surface area (Å²) in [6.07, 6.45) is 1.10. The van der Waals surface area contributed by atoms with Crippen LogP contribution in [0.5, 0.6) is 5.75 Å². The van der Waals surface area contributed by atoms with Gasteiger partial charge in [0.25, 0.3) is 5.91 Å². The summed E-state index contributed by atoms with van der Waals surface area (Å²) in [4.78, 5) is 53.1. The number of carbonyl (C=O) groups is 4. The van der Waals surface area contributed by atoms with Gasteiger partial charge < -0.3 is 41.7 Å². The van der Waals surface area contributed by atoms with Crippen LogP contribution in [0.25, 0.3) is 5.76 Å². The van der Waals surface area contributed by atoms with Crippen molar-refractivity contribution in [2.24, 2.45) is 17.6 Å². The summed E-state index contributed by atoms with van der Waals surface area (Å²) < 4.78 is 0. The lowest BCUT2D eigenvalue weighted by atomic mass is 9.54. The quantitative estimate of drug-likeness (QED) is 0.0923. The van der Waals surface area contributed by atoms with Crippen molar-refractivity contribution in [3.05, 3.63) is 46.2 Å². The van der Waals surface area contributed by atoms with E-state index in [4.69, 9.17) is 10.8 Å². The highest BCUT2D eigenvalue weighted by Crippen LogP contribution is 2.57. The minimum Gasteiger partial charge on any atom is -0.508 e. The minimum absolute atomic E-state index is 0.150. The number of hydrogen-bond donors (Lipinski definition) is 9. The van der Waals surface area contributed by atoms with Crippen molar-refractivity contribution in [2.45, 2.75) is 55.9 Å². The van der Waals surface area contributed by atoms with Gasteiger partial charge in [-0.3, -0.25) is 29.4 Å². The molecule has 1 amide bonds. The molecule has 3 aliphatic rings. The highest BCUT2D eigenvalue weighted by molar-refractivity contribution is 6.25. The van der Waals surface area contributed by atoms with Crippen molar-refractivity contribution in [1.29, 1.82) is 0 Å². The number of nitrogens with two attached hydrogens (primary N) is 1. The van der Waals surface area contributed by atoms with Crippen LogP contribution in [0, 0.1) is 11.8 Å². The number of unbranched alkanes of at least 4 members (excludes halogenated alkanes) is 1. The fourth-order valence-electron chi connectivity index (χ4n) is 6.54. The first-order valence-electron chi connectivity index (χ1n) is 14.0. The Hall–Kier alpha value is -3.82. The van der Waals surface area contributed by atoms with Crippen LogP contribution < -0.4 is 16.4 Å². The maximum atomic E-state index is 14.1. The number of carboxylic acid groups (broad SMARTS) is 1. The van der Waals surface area contributed by atoms with Crippen LogP contribution in [0.3, 0.4) is 0 Å². The number of likely N-dealkylation sites (N-methyl/N-ethyl adjacent to an activating group) is 1. The number of rotatable bonds is 10. The van der Waals surface area contributed by atoms with Gasteiger partial charge in [-0.2, -0.15) is 0 Å². The third-order valence-electron chi connectivity index (χ3n) is 8.81. The first-order valence-corrected chi connectivity index (χ1v) is 14.0. The number of aliphatic hydroxyl groups is 4. The van der Waals surface area contributed by atoms with Gasteiger partial charge in [0.1, 0.15) is 28.9 Å². The molecule has 3 aliphatic carbocycles. The highest BCUT2D eigenvalue weighted by atomic mass is 16.4. The van der Waals surface area contributed by atoms with Gasteiger partial charge in [0, 0.05) is 17.4 Å². The number of ketones is 2. The van der Waals surface area contributed by atoms with Crippen LogP contribution in [-0.4, -0.2) is 104 Å².